The van der Waals surface area contributed by atoms with Crippen molar-refractivity contribution in [3.05, 3.63) is 35.6 Å². The first kappa shape index (κ1) is 35.8. The maximum Gasteiger partial charge on any atom is 1.00 e. The third-order valence-electron chi connectivity index (χ3n) is 6.22. The van der Waals surface area contributed by atoms with Gasteiger partial charge in [0.05, 0.1) is 27.2 Å². The number of benzene rings is 1. The molecule has 2 amide bonds. The number of hydrogen-bond donors (Lipinski definition) is 0. The molecule has 1 aliphatic heterocycles. The van der Waals surface area contributed by atoms with Crippen LogP contribution in [0.4, 0.5) is 0 Å². The van der Waals surface area contributed by atoms with E-state index < -0.39 is 48.7 Å². The van der Waals surface area contributed by atoms with Gasteiger partial charge in [-0.15, -0.1) is 5.06 Å². The molecule has 1 aliphatic rings. The summed E-state index contributed by atoms with van der Waals surface area (Å²) in [4.78, 5) is 43.3. The van der Waals surface area contributed by atoms with Gasteiger partial charge in [0.15, 0.2) is 18.0 Å². The zero-order valence-corrected chi connectivity index (χ0v) is 27.8. The largest absolute Gasteiger partial charge is 1.00 e. The minimum absolute atomic E-state index is 0. The van der Waals surface area contributed by atoms with Crippen molar-refractivity contribution < 1.29 is 88.4 Å². The zero-order valence-electron chi connectivity index (χ0n) is 23.4. The standard InChI is InChI=1S/C25H26ClN3O12S2.Na/c26-17-15-28(9-3-1-2-5-24(32)41-29-22(30)6-7-23(29)31)10-8-16(17)25-27-18-13-21(43(36,37)38)20(14-19(18)40-25)39-11-4-12-42(33,34)35;/h8,10,13-15H,1-7,9,11-12H2,(H-,33,34,35,36,37,38);/q;+1/p-1. The van der Waals surface area contributed by atoms with Crippen LogP contribution in [-0.2, 0) is 46.0 Å². The van der Waals surface area contributed by atoms with E-state index >= 15 is 0 Å². The van der Waals surface area contributed by atoms with Gasteiger partial charge in [-0.1, -0.05) is 11.6 Å². The Kier molecular flexibility index (Phi) is 12.3. The third-order valence-corrected chi connectivity index (χ3v) is 8.16. The molecule has 0 bridgehead atoms. The SMILES string of the molecule is O=C(CCCCC[n+]1ccc(-c2nc3cc(S(=O)(=O)[O-])c(OCCCS(=O)(=O)[O-])cc3o2)c(Cl)c1)ON1C(=O)CCC1=O.[Na+]. The number of halogens is 1. The predicted octanol–water partition coefficient (Wildman–Crippen LogP) is -1.17. The first-order valence-electron chi connectivity index (χ1n) is 12.9. The van der Waals surface area contributed by atoms with E-state index in [1.165, 1.54) is 0 Å². The average molecular weight is 682 g/mol. The van der Waals surface area contributed by atoms with Gasteiger partial charge in [-0.3, -0.25) is 9.59 Å². The van der Waals surface area contributed by atoms with Crippen molar-refractivity contribution in [2.24, 2.45) is 0 Å². The van der Waals surface area contributed by atoms with E-state index in [0.29, 0.717) is 36.4 Å². The molecule has 3 heterocycles. The number of hydroxylamine groups is 2. The van der Waals surface area contributed by atoms with Gasteiger partial charge in [0.25, 0.3) is 11.8 Å². The van der Waals surface area contributed by atoms with E-state index in [1.54, 1.807) is 23.0 Å². The number of aromatic nitrogens is 2. The fraction of sp³-hybridized carbons (Fsp3) is 0.400. The van der Waals surface area contributed by atoms with Crippen LogP contribution in [-0.4, -0.2) is 66.1 Å². The summed E-state index contributed by atoms with van der Waals surface area (Å²) in [6.45, 7) is 0.205. The van der Waals surface area contributed by atoms with Crippen LogP contribution in [0.2, 0.25) is 5.02 Å². The Bertz CT molecular complexity index is 1760. The number of aryl methyl sites for hydroxylation is 1. The molecule has 1 saturated heterocycles. The van der Waals surface area contributed by atoms with E-state index in [9.17, 15) is 40.3 Å². The molecule has 0 spiro atoms. The Hall–Kier alpha value is -2.64. The number of carbonyl (C=O) groups excluding carboxylic acids is 3. The first-order chi connectivity index (χ1) is 20.2. The number of rotatable bonds is 14. The number of fused-ring (bicyclic) bond motifs is 1. The fourth-order valence-electron chi connectivity index (χ4n) is 4.14. The molecular weight excluding hydrogens is 657 g/mol. The second-order valence-corrected chi connectivity index (χ2v) is 12.8. The van der Waals surface area contributed by atoms with Crippen molar-refractivity contribution in [2.75, 3.05) is 12.4 Å². The van der Waals surface area contributed by atoms with Gasteiger partial charge in [0.2, 0.25) is 5.89 Å². The molecule has 3 aromatic rings. The van der Waals surface area contributed by atoms with Crippen molar-refractivity contribution in [1.82, 2.24) is 10.0 Å². The minimum Gasteiger partial charge on any atom is -0.748 e. The molecule has 0 atom stereocenters. The zero-order chi connectivity index (χ0) is 31.4. The van der Waals surface area contributed by atoms with Crippen LogP contribution in [0.3, 0.4) is 0 Å². The summed E-state index contributed by atoms with van der Waals surface area (Å²) in [7, 11) is -9.50. The molecule has 19 heteroatoms. The van der Waals surface area contributed by atoms with Gasteiger partial charge in [0.1, 0.15) is 33.0 Å². The van der Waals surface area contributed by atoms with Crippen molar-refractivity contribution in [3.8, 4) is 17.2 Å². The molecule has 0 radical (unpaired) electrons. The third kappa shape index (κ3) is 9.68. The van der Waals surface area contributed by atoms with Crippen LogP contribution in [0, 0.1) is 0 Å². The van der Waals surface area contributed by atoms with E-state index in [2.05, 4.69) is 4.98 Å². The topological polar surface area (TPSA) is 217 Å². The second kappa shape index (κ2) is 15.1. The van der Waals surface area contributed by atoms with E-state index in [-0.39, 0.29) is 89.6 Å². The van der Waals surface area contributed by atoms with Crippen LogP contribution in [0.1, 0.15) is 44.9 Å². The van der Waals surface area contributed by atoms with Crippen molar-refractivity contribution in [3.63, 3.8) is 0 Å². The number of carbonyl (C=O) groups is 3. The van der Waals surface area contributed by atoms with Crippen molar-refractivity contribution in [2.45, 2.75) is 56.4 Å². The summed E-state index contributed by atoms with van der Waals surface area (Å²) in [5.74, 6) is -2.79. The first-order valence-corrected chi connectivity index (χ1v) is 16.3. The Morgan fingerprint density at radius 3 is 2.41 bits per heavy atom. The number of imide groups is 1. The number of pyridine rings is 1. The monoisotopic (exact) mass is 681 g/mol. The Morgan fingerprint density at radius 1 is 1.07 bits per heavy atom. The Morgan fingerprint density at radius 2 is 1.77 bits per heavy atom. The van der Waals surface area contributed by atoms with Gasteiger partial charge < -0.3 is 23.1 Å². The predicted molar refractivity (Wildman–Crippen MR) is 143 cm³/mol. The second-order valence-electron chi connectivity index (χ2n) is 9.50. The summed E-state index contributed by atoms with van der Waals surface area (Å²) in [6, 6.07) is 3.73. The van der Waals surface area contributed by atoms with Crippen LogP contribution in [0.25, 0.3) is 22.6 Å². The van der Waals surface area contributed by atoms with Gasteiger partial charge in [-0.25, -0.2) is 31.2 Å². The number of amides is 2. The molecule has 1 fully saturated rings. The number of ether oxygens (including phenoxy) is 1. The van der Waals surface area contributed by atoms with Crippen LogP contribution in [0.15, 0.2) is 39.9 Å². The fourth-order valence-corrected chi connectivity index (χ4v) is 5.50. The number of unbranched alkanes of at least 4 members (excludes halogenated alkanes) is 2. The van der Waals surface area contributed by atoms with E-state index in [1.807, 2.05) is 0 Å². The van der Waals surface area contributed by atoms with Gasteiger partial charge >= 0.3 is 35.5 Å². The van der Waals surface area contributed by atoms with Crippen LogP contribution in [0.5, 0.6) is 5.75 Å². The van der Waals surface area contributed by atoms with Gasteiger partial charge in [0, 0.05) is 43.6 Å². The maximum atomic E-state index is 11.9. The molecule has 0 aliphatic carbocycles. The quantitative estimate of drug-likeness (QED) is 0.0645. The molecule has 44 heavy (non-hydrogen) atoms. The molecule has 0 unspecified atom stereocenters. The molecule has 0 N–H and O–H groups in total. The number of nitrogens with zero attached hydrogens (tertiary/aromatic N) is 3. The van der Waals surface area contributed by atoms with Gasteiger partial charge in [-0.2, -0.15) is 0 Å². The molecule has 232 valence electrons. The summed E-state index contributed by atoms with van der Waals surface area (Å²) < 4.78 is 80.5. The smallest absolute Gasteiger partial charge is 0.748 e. The molecule has 15 nitrogen and oxygen atoms in total. The number of oxazole rings is 1. The summed E-state index contributed by atoms with van der Waals surface area (Å²) in [5, 5.41) is 0.773. The van der Waals surface area contributed by atoms with Crippen LogP contribution >= 0.6 is 11.6 Å². The Balaban J connectivity index is 0.00000529. The summed E-state index contributed by atoms with van der Waals surface area (Å²) >= 11 is 6.45. The summed E-state index contributed by atoms with van der Waals surface area (Å²) in [6.07, 6.45) is 5.02. The normalized spacial score (nSPS) is 13.8. The van der Waals surface area contributed by atoms with Gasteiger partial charge in [-0.05, 0) is 25.3 Å². The minimum atomic E-state index is -5.01. The molecule has 1 aromatic carbocycles. The number of hydrogen-bond acceptors (Lipinski definition) is 13. The van der Waals surface area contributed by atoms with Crippen molar-refractivity contribution >= 4 is 60.7 Å². The van der Waals surface area contributed by atoms with Crippen molar-refractivity contribution in [1.29, 1.82) is 0 Å². The van der Waals surface area contributed by atoms with E-state index in [4.69, 9.17) is 25.6 Å². The Labute approximate surface area is 279 Å². The summed E-state index contributed by atoms with van der Waals surface area (Å²) in [5.41, 5.74) is 0.472. The van der Waals surface area contributed by atoms with Crippen LogP contribution < -0.4 is 38.9 Å². The van der Waals surface area contributed by atoms with E-state index in [0.717, 1.165) is 12.1 Å². The average Bonchev–Trinajstić information content (AvgIpc) is 3.47. The molecule has 4 rings (SSSR count). The maximum absolute atomic E-state index is 11.9. The molecule has 2 aromatic heterocycles. The molecular formula is C25H25ClN3NaO12S2. The molecule has 0 saturated carbocycles.